The molecule has 166 valence electrons. The Kier molecular flexibility index (Phi) is 5.47. The monoisotopic (exact) mass is 419 g/mol. The summed E-state index contributed by atoms with van der Waals surface area (Å²) in [6, 6.07) is 0.455. The fraction of sp³-hybridized carbons (Fsp3) is 0.810. The molecule has 1 aromatic rings. The predicted molar refractivity (Wildman–Crippen MR) is 109 cm³/mol. The second-order valence-corrected chi connectivity index (χ2v) is 9.23. The molecule has 1 aromatic heterocycles. The van der Waals surface area contributed by atoms with Gasteiger partial charge in [-0.05, 0) is 19.8 Å². The number of morpholine rings is 1. The summed E-state index contributed by atoms with van der Waals surface area (Å²) in [6.45, 7) is 8.33. The molecule has 4 aliphatic rings. The van der Waals surface area contributed by atoms with E-state index in [0.29, 0.717) is 18.6 Å². The Balaban J connectivity index is 1.25. The number of imidazole rings is 1. The Morgan fingerprint density at radius 3 is 2.90 bits per heavy atom. The van der Waals surface area contributed by atoms with Gasteiger partial charge >= 0.3 is 6.09 Å². The van der Waals surface area contributed by atoms with E-state index < -0.39 is 0 Å². The summed E-state index contributed by atoms with van der Waals surface area (Å²) in [7, 11) is 0. The van der Waals surface area contributed by atoms with Crippen LogP contribution in [0, 0.1) is 11.8 Å². The van der Waals surface area contributed by atoms with Gasteiger partial charge in [0.15, 0.2) is 0 Å². The van der Waals surface area contributed by atoms with Gasteiger partial charge in [-0.3, -0.25) is 9.80 Å². The maximum absolute atomic E-state index is 12.0. The lowest BCUT2D eigenvalue weighted by molar-refractivity contribution is -0.130. The molecular weight excluding hydrogens is 386 g/mol. The van der Waals surface area contributed by atoms with Gasteiger partial charge in [-0.25, -0.2) is 9.78 Å². The topological polar surface area (TPSA) is 94.2 Å². The molecule has 0 aliphatic carbocycles. The number of nitrogens with zero attached hydrogens (tertiary/aromatic N) is 4. The molecule has 0 unspecified atom stereocenters. The van der Waals surface area contributed by atoms with E-state index in [1.807, 2.05) is 18.0 Å². The first-order chi connectivity index (χ1) is 14.6. The van der Waals surface area contributed by atoms with Crippen molar-refractivity contribution in [1.82, 2.24) is 24.7 Å². The SMILES string of the molecule is CCOC(=O)N1CCC(N2C[C@H]3O[C@@]4(CN(Cc5ncc[nH]5)C[C@@H]4[C@@H]3CO)C2)CC1. The number of likely N-dealkylation sites (tertiary alicyclic amines) is 3. The van der Waals surface area contributed by atoms with E-state index in [1.54, 1.807) is 6.20 Å². The lowest BCUT2D eigenvalue weighted by Gasteiger charge is -2.46. The van der Waals surface area contributed by atoms with Gasteiger partial charge in [-0.1, -0.05) is 0 Å². The molecule has 4 aliphatic heterocycles. The number of carbonyl (C=O) groups excluding carboxylic acids is 1. The number of ether oxygens (including phenoxy) is 2. The van der Waals surface area contributed by atoms with Gasteiger partial charge in [0.25, 0.3) is 0 Å². The van der Waals surface area contributed by atoms with Crippen molar-refractivity contribution in [2.24, 2.45) is 11.8 Å². The molecule has 0 radical (unpaired) electrons. The zero-order valence-corrected chi connectivity index (χ0v) is 17.7. The fourth-order valence-electron chi connectivity index (χ4n) is 6.19. The third-order valence-electron chi connectivity index (χ3n) is 7.53. The zero-order valence-electron chi connectivity index (χ0n) is 17.7. The molecule has 0 saturated carbocycles. The van der Waals surface area contributed by atoms with Crippen LogP contribution in [0.3, 0.4) is 0 Å². The minimum absolute atomic E-state index is 0.0996. The number of aromatic amines is 1. The van der Waals surface area contributed by atoms with Crippen LogP contribution in [-0.4, -0.2) is 106 Å². The van der Waals surface area contributed by atoms with Gasteiger partial charge in [0.1, 0.15) is 5.82 Å². The van der Waals surface area contributed by atoms with E-state index in [4.69, 9.17) is 9.47 Å². The van der Waals surface area contributed by atoms with Crippen LogP contribution >= 0.6 is 0 Å². The van der Waals surface area contributed by atoms with Gasteiger partial charge in [0.05, 0.1) is 24.9 Å². The Morgan fingerprint density at radius 1 is 1.37 bits per heavy atom. The number of fused-ring (bicyclic) bond motifs is 1. The number of rotatable bonds is 5. The second kappa shape index (κ2) is 8.11. The van der Waals surface area contributed by atoms with Gasteiger partial charge < -0.3 is 24.5 Å². The first-order valence-corrected chi connectivity index (χ1v) is 11.3. The molecule has 30 heavy (non-hydrogen) atoms. The molecule has 4 fully saturated rings. The van der Waals surface area contributed by atoms with Crippen molar-refractivity contribution >= 4 is 6.09 Å². The molecular formula is C21H33N5O4. The Hall–Kier alpha value is -1.68. The highest BCUT2D eigenvalue weighted by molar-refractivity contribution is 5.67. The first-order valence-electron chi connectivity index (χ1n) is 11.3. The van der Waals surface area contributed by atoms with Gasteiger partial charge in [0.2, 0.25) is 0 Å². The van der Waals surface area contributed by atoms with Crippen LogP contribution < -0.4 is 0 Å². The fourth-order valence-corrected chi connectivity index (χ4v) is 6.19. The molecule has 4 atom stereocenters. The van der Waals surface area contributed by atoms with Crippen molar-refractivity contribution < 1.29 is 19.4 Å². The van der Waals surface area contributed by atoms with E-state index in [9.17, 15) is 9.90 Å². The number of hydrogen-bond acceptors (Lipinski definition) is 7. The quantitative estimate of drug-likeness (QED) is 0.719. The van der Waals surface area contributed by atoms with Crippen molar-refractivity contribution in [3.8, 4) is 0 Å². The van der Waals surface area contributed by atoms with Crippen LogP contribution in [0.4, 0.5) is 4.79 Å². The number of amides is 1. The van der Waals surface area contributed by atoms with Crippen molar-refractivity contribution in [1.29, 1.82) is 0 Å². The Labute approximate surface area is 177 Å². The number of nitrogens with one attached hydrogen (secondary N) is 1. The number of aromatic nitrogens is 2. The van der Waals surface area contributed by atoms with Crippen molar-refractivity contribution in [3.63, 3.8) is 0 Å². The Morgan fingerprint density at radius 2 is 2.20 bits per heavy atom. The Bertz CT molecular complexity index is 738. The molecule has 2 bridgehead atoms. The van der Waals surface area contributed by atoms with Crippen LogP contribution in [0.25, 0.3) is 0 Å². The summed E-state index contributed by atoms with van der Waals surface area (Å²) in [5.41, 5.74) is -0.207. The molecule has 5 rings (SSSR count). The zero-order chi connectivity index (χ0) is 20.7. The van der Waals surface area contributed by atoms with Crippen LogP contribution in [0.5, 0.6) is 0 Å². The maximum Gasteiger partial charge on any atom is 0.409 e. The number of hydrogen-bond donors (Lipinski definition) is 2. The number of aliphatic hydroxyl groups is 1. The van der Waals surface area contributed by atoms with Crippen LogP contribution in [0.2, 0.25) is 0 Å². The van der Waals surface area contributed by atoms with Crippen LogP contribution in [0.1, 0.15) is 25.6 Å². The van der Waals surface area contributed by atoms with Gasteiger partial charge in [-0.15, -0.1) is 0 Å². The third-order valence-corrected chi connectivity index (χ3v) is 7.53. The molecule has 4 saturated heterocycles. The average molecular weight is 420 g/mol. The highest BCUT2D eigenvalue weighted by atomic mass is 16.6. The van der Waals surface area contributed by atoms with Gasteiger partial charge in [0, 0.05) is 76.1 Å². The van der Waals surface area contributed by atoms with E-state index >= 15 is 0 Å². The lowest BCUT2D eigenvalue weighted by atomic mass is 9.83. The van der Waals surface area contributed by atoms with Gasteiger partial charge in [-0.2, -0.15) is 0 Å². The summed E-state index contributed by atoms with van der Waals surface area (Å²) in [6.07, 6.45) is 5.49. The smallest absolute Gasteiger partial charge is 0.409 e. The van der Waals surface area contributed by atoms with Crippen LogP contribution in [0.15, 0.2) is 12.4 Å². The summed E-state index contributed by atoms with van der Waals surface area (Å²) < 4.78 is 11.8. The maximum atomic E-state index is 12.0. The molecule has 9 nitrogen and oxygen atoms in total. The number of piperidine rings is 1. The summed E-state index contributed by atoms with van der Waals surface area (Å²) >= 11 is 0. The van der Waals surface area contributed by atoms with Crippen molar-refractivity contribution in [3.05, 3.63) is 18.2 Å². The van der Waals surface area contributed by atoms with E-state index in [-0.39, 0.29) is 30.3 Å². The number of aliphatic hydroxyl groups excluding tert-OH is 1. The van der Waals surface area contributed by atoms with Crippen LogP contribution in [-0.2, 0) is 16.0 Å². The molecule has 5 heterocycles. The lowest BCUT2D eigenvalue weighted by Crippen LogP contribution is -2.58. The van der Waals surface area contributed by atoms with E-state index in [0.717, 1.165) is 64.5 Å². The first kappa shape index (κ1) is 20.2. The molecule has 1 amide bonds. The summed E-state index contributed by atoms with van der Waals surface area (Å²) in [4.78, 5) is 26.4. The average Bonchev–Trinajstić information content (AvgIpc) is 3.41. The standard InChI is InChI=1S/C21H33N5O4/c1-2-29-20(28)25-7-3-15(4-8-25)26-10-18-16(12-27)17-9-24(11-19-22-5-6-23-19)13-21(17,14-26)30-18/h5-6,15-18,27H,2-4,7-14H2,1H3,(H,22,23)/t16-,17+,18+,21-/m0/s1. The minimum Gasteiger partial charge on any atom is -0.450 e. The summed E-state index contributed by atoms with van der Waals surface area (Å²) in [5, 5.41) is 10.1. The number of carbonyl (C=O) groups is 1. The van der Waals surface area contributed by atoms with Crippen molar-refractivity contribution in [2.75, 3.05) is 52.5 Å². The van der Waals surface area contributed by atoms with E-state index in [2.05, 4.69) is 19.8 Å². The molecule has 1 spiro atoms. The number of H-pyrrole nitrogens is 1. The highest BCUT2D eigenvalue weighted by Gasteiger charge is 2.62. The molecule has 0 aromatic carbocycles. The van der Waals surface area contributed by atoms with Crippen molar-refractivity contribution in [2.45, 2.75) is 44.1 Å². The third kappa shape index (κ3) is 3.51. The normalized spacial score (nSPS) is 35.0. The largest absolute Gasteiger partial charge is 0.450 e. The highest BCUT2D eigenvalue weighted by Crippen LogP contribution is 2.49. The summed E-state index contributed by atoms with van der Waals surface area (Å²) in [5.74, 6) is 1.52. The van der Waals surface area contributed by atoms with E-state index in [1.165, 1.54) is 0 Å². The molecule has 2 N–H and O–H groups in total. The minimum atomic E-state index is -0.207. The second-order valence-electron chi connectivity index (χ2n) is 9.23. The predicted octanol–water partition coefficient (Wildman–Crippen LogP) is 0.524. The molecule has 9 heteroatoms.